The molecule has 3 rings (SSSR count). The van der Waals surface area contributed by atoms with E-state index < -0.39 is 0 Å². The fourth-order valence-electron chi connectivity index (χ4n) is 2.55. The molecule has 2 aliphatic rings. The third-order valence-electron chi connectivity index (χ3n) is 3.73. The van der Waals surface area contributed by atoms with E-state index >= 15 is 0 Å². The third kappa shape index (κ3) is 4.53. The average molecular weight is 292 g/mol. The van der Waals surface area contributed by atoms with Crippen LogP contribution >= 0.6 is 12.6 Å². The summed E-state index contributed by atoms with van der Waals surface area (Å²) in [6.07, 6.45) is 6.47. The van der Waals surface area contributed by atoms with Gasteiger partial charge in [0.1, 0.15) is 0 Å². The van der Waals surface area contributed by atoms with E-state index in [0.717, 1.165) is 36.4 Å². The largest absolute Gasteiger partial charge is 0.339 e. The van der Waals surface area contributed by atoms with E-state index in [1.807, 2.05) is 29.2 Å². The molecule has 1 N–H and O–H groups in total. The fourth-order valence-corrected chi connectivity index (χ4v) is 2.80. The van der Waals surface area contributed by atoms with Crippen molar-refractivity contribution in [2.45, 2.75) is 37.0 Å². The summed E-state index contributed by atoms with van der Waals surface area (Å²) in [5.74, 6) is 0.119. The van der Waals surface area contributed by atoms with Crippen LogP contribution in [0, 0.1) is 0 Å². The Hall–Kier alpha value is -1.00. The molecular formula is C16H24N2OS. The van der Waals surface area contributed by atoms with Crippen molar-refractivity contribution < 1.29 is 4.79 Å². The molecule has 4 heteroatoms. The van der Waals surface area contributed by atoms with Crippen LogP contribution in [-0.2, 0) is 0 Å². The Bertz CT molecular complexity index is 415. The molecule has 1 aromatic carbocycles. The first-order chi connectivity index (χ1) is 9.79. The van der Waals surface area contributed by atoms with Gasteiger partial charge in [-0.25, -0.2) is 0 Å². The average Bonchev–Trinajstić information content (AvgIpc) is 3.04. The maximum atomic E-state index is 11.9. The zero-order chi connectivity index (χ0) is 14.2. The van der Waals surface area contributed by atoms with Crippen LogP contribution in [0.15, 0.2) is 29.2 Å². The third-order valence-corrected chi connectivity index (χ3v) is 4.12. The molecule has 0 aliphatic carbocycles. The molecule has 2 aliphatic heterocycles. The number of nitrogens with zero attached hydrogens (tertiary/aromatic N) is 1. The van der Waals surface area contributed by atoms with Crippen LogP contribution < -0.4 is 5.32 Å². The van der Waals surface area contributed by atoms with Crippen molar-refractivity contribution in [3.63, 3.8) is 0 Å². The smallest absolute Gasteiger partial charge is 0.254 e. The van der Waals surface area contributed by atoms with Crippen LogP contribution in [0.1, 0.15) is 42.5 Å². The quantitative estimate of drug-likeness (QED) is 0.780. The molecule has 2 fully saturated rings. The number of benzene rings is 1. The maximum Gasteiger partial charge on any atom is 0.254 e. The Labute approximate surface area is 127 Å². The molecule has 0 bridgehead atoms. The predicted octanol–water partition coefficient (Wildman–Crippen LogP) is 2.97. The molecule has 1 aromatic rings. The number of nitrogens with one attached hydrogen (secondary N) is 1. The number of carbonyl (C=O) groups is 1. The normalized spacial score (nSPS) is 18.4. The molecule has 0 atom stereocenters. The highest BCUT2D eigenvalue weighted by atomic mass is 32.1. The zero-order valence-electron chi connectivity index (χ0n) is 12.0. The second kappa shape index (κ2) is 8.32. The van der Waals surface area contributed by atoms with Crippen LogP contribution in [0.2, 0.25) is 0 Å². The van der Waals surface area contributed by atoms with Crippen LogP contribution in [0.3, 0.4) is 0 Å². The van der Waals surface area contributed by atoms with Crippen LogP contribution in [0.25, 0.3) is 0 Å². The molecule has 0 unspecified atom stereocenters. The number of carbonyl (C=O) groups excluding carboxylic acids is 1. The minimum atomic E-state index is 0.119. The van der Waals surface area contributed by atoms with Crippen LogP contribution in [-0.4, -0.2) is 37.0 Å². The second-order valence-electron chi connectivity index (χ2n) is 5.33. The Morgan fingerprint density at radius 2 is 1.65 bits per heavy atom. The minimum Gasteiger partial charge on any atom is -0.339 e. The molecule has 0 saturated carbocycles. The minimum absolute atomic E-state index is 0.119. The van der Waals surface area contributed by atoms with E-state index in [4.69, 9.17) is 0 Å². The topological polar surface area (TPSA) is 32.3 Å². The summed E-state index contributed by atoms with van der Waals surface area (Å²) >= 11 is 4.28. The lowest BCUT2D eigenvalue weighted by molar-refractivity contribution is 0.0789. The standard InChI is InChI=1S/C11H13NOS.C5H11N/c13-11(12-7-3-4-8-12)9-5-1-2-6-10(9)14;1-2-4-6-5-3-1/h1-2,5-6,14H,3-4,7-8H2;6H,1-5H2. The van der Waals surface area contributed by atoms with E-state index in [9.17, 15) is 4.79 Å². The second-order valence-corrected chi connectivity index (χ2v) is 5.81. The summed E-state index contributed by atoms with van der Waals surface area (Å²) < 4.78 is 0. The van der Waals surface area contributed by atoms with Gasteiger partial charge in [-0.1, -0.05) is 18.6 Å². The van der Waals surface area contributed by atoms with Crippen molar-refractivity contribution in [2.24, 2.45) is 0 Å². The molecule has 2 heterocycles. The zero-order valence-corrected chi connectivity index (χ0v) is 12.9. The van der Waals surface area contributed by atoms with Gasteiger partial charge in [-0.2, -0.15) is 0 Å². The SMILES string of the molecule is C1CCNCC1.O=C(c1ccccc1S)N1CCCC1. The lowest BCUT2D eigenvalue weighted by atomic mass is 10.2. The van der Waals surface area contributed by atoms with Gasteiger partial charge in [0.25, 0.3) is 5.91 Å². The molecular weight excluding hydrogens is 268 g/mol. The fraction of sp³-hybridized carbons (Fsp3) is 0.562. The van der Waals surface area contributed by atoms with Crippen molar-refractivity contribution in [3.05, 3.63) is 29.8 Å². The summed E-state index contributed by atoms with van der Waals surface area (Å²) in [6.45, 7) is 4.28. The van der Waals surface area contributed by atoms with Gasteiger partial charge < -0.3 is 10.2 Å². The van der Waals surface area contributed by atoms with Gasteiger partial charge in [-0.15, -0.1) is 12.6 Å². The number of thiol groups is 1. The van der Waals surface area contributed by atoms with Gasteiger partial charge in [-0.05, 0) is 50.9 Å². The Balaban J connectivity index is 0.000000205. The molecule has 0 aromatic heterocycles. The summed E-state index contributed by atoms with van der Waals surface area (Å²) in [4.78, 5) is 14.6. The van der Waals surface area contributed by atoms with Crippen molar-refractivity contribution in [3.8, 4) is 0 Å². The van der Waals surface area contributed by atoms with Crippen LogP contribution in [0.5, 0.6) is 0 Å². The first-order valence-corrected chi connectivity index (χ1v) is 8.02. The lowest BCUT2D eigenvalue weighted by Gasteiger charge is -2.15. The van der Waals surface area contributed by atoms with Crippen LogP contribution in [0.4, 0.5) is 0 Å². The van der Waals surface area contributed by atoms with Crippen molar-refractivity contribution >= 4 is 18.5 Å². The monoisotopic (exact) mass is 292 g/mol. The highest BCUT2D eigenvalue weighted by Crippen LogP contribution is 2.18. The summed E-state index contributed by atoms with van der Waals surface area (Å²) in [5, 5.41) is 3.28. The number of likely N-dealkylation sites (tertiary alicyclic amines) is 1. The van der Waals surface area contributed by atoms with Crippen molar-refractivity contribution in [2.75, 3.05) is 26.2 Å². The van der Waals surface area contributed by atoms with Crippen molar-refractivity contribution in [1.29, 1.82) is 0 Å². The maximum absolute atomic E-state index is 11.9. The van der Waals surface area contributed by atoms with E-state index in [2.05, 4.69) is 17.9 Å². The summed E-state index contributed by atoms with van der Waals surface area (Å²) in [7, 11) is 0. The highest BCUT2D eigenvalue weighted by Gasteiger charge is 2.20. The Kier molecular flexibility index (Phi) is 6.40. The van der Waals surface area contributed by atoms with Gasteiger partial charge in [-0.3, -0.25) is 4.79 Å². The predicted molar refractivity (Wildman–Crippen MR) is 85.6 cm³/mol. The molecule has 3 nitrogen and oxygen atoms in total. The van der Waals surface area contributed by atoms with E-state index in [1.54, 1.807) is 0 Å². The molecule has 1 amide bonds. The van der Waals surface area contributed by atoms with E-state index in [0.29, 0.717) is 0 Å². The van der Waals surface area contributed by atoms with Gasteiger partial charge in [0.15, 0.2) is 0 Å². The summed E-state index contributed by atoms with van der Waals surface area (Å²) in [6, 6.07) is 7.46. The Morgan fingerprint density at radius 1 is 1.00 bits per heavy atom. The summed E-state index contributed by atoms with van der Waals surface area (Å²) in [5.41, 5.74) is 0.720. The van der Waals surface area contributed by atoms with Crippen molar-refractivity contribution in [1.82, 2.24) is 10.2 Å². The molecule has 20 heavy (non-hydrogen) atoms. The number of hydrogen-bond acceptors (Lipinski definition) is 3. The van der Waals surface area contributed by atoms with Gasteiger partial charge in [0.2, 0.25) is 0 Å². The number of piperidine rings is 1. The first kappa shape index (κ1) is 15.4. The van der Waals surface area contributed by atoms with Gasteiger partial charge in [0, 0.05) is 18.0 Å². The van der Waals surface area contributed by atoms with E-state index in [1.165, 1.54) is 32.4 Å². The molecule has 0 spiro atoms. The number of amides is 1. The first-order valence-electron chi connectivity index (χ1n) is 7.57. The molecule has 0 radical (unpaired) electrons. The van der Waals surface area contributed by atoms with Gasteiger partial charge in [0.05, 0.1) is 5.56 Å². The number of rotatable bonds is 1. The highest BCUT2D eigenvalue weighted by molar-refractivity contribution is 7.80. The van der Waals surface area contributed by atoms with E-state index in [-0.39, 0.29) is 5.91 Å². The number of hydrogen-bond donors (Lipinski definition) is 2. The Morgan fingerprint density at radius 3 is 2.15 bits per heavy atom. The molecule has 2 saturated heterocycles. The van der Waals surface area contributed by atoms with Gasteiger partial charge >= 0.3 is 0 Å². The lowest BCUT2D eigenvalue weighted by Crippen LogP contribution is -2.27. The molecule has 110 valence electrons.